The Balaban J connectivity index is 1.75. The Hall–Kier alpha value is -3.00. The van der Waals surface area contributed by atoms with Crippen LogP contribution in [0, 0.1) is 18.2 Å². The van der Waals surface area contributed by atoms with E-state index >= 15 is 0 Å². The van der Waals surface area contributed by atoms with Gasteiger partial charge >= 0.3 is 0 Å². The van der Waals surface area contributed by atoms with E-state index in [9.17, 15) is 9.18 Å². The maximum atomic E-state index is 13.1. The molecule has 5 heteroatoms. The highest BCUT2D eigenvalue weighted by Crippen LogP contribution is 2.14. The number of amides is 1. The monoisotopic (exact) mass is 341 g/mol. The van der Waals surface area contributed by atoms with Crippen LogP contribution in [0.4, 0.5) is 4.39 Å². The second-order valence-corrected chi connectivity index (χ2v) is 5.40. The maximum absolute atomic E-state index is 13.1. The van der Waals surface area contributed by atoms with Gasteiger partial charge in [-0.2, -0.15) is 0 Å². The van der Waals surface area contributed by atoms with E-state index in [4.69, 9.17) is 15.9 Å². The Morgan fingerprint density at radius 2 is 2.00 bits per heavy atom. The number of rotatable bonds is 8. The van der Waals surface area contributed by atoms with E-state index in [2.05, 4.69) is 11.2 Å². The van der Waals surface area contributed by atoms with Crippen LogP contribution in [0.25, 0.3) is 0 Å². The molecule has 2 rings (SSSR count). The molecule has 1 atom stereocenters. The predicted octanol–water partition coefficient (Wildman–Crippen LogP) is 2.96. The Morgan fingerprint density at radius 1 is 1.24 bits per heavy atom. The molecule has 4 nitrogen and oxygen atoms in total. The molecule has 0 aliphatic heterocycles. The molecule has 1 unspecified atom stereocenters. The van der Waals surface area contributed by atoms with E-state index in [-0.39, 0.29) is 12.5 Å². The molecule has 0 saturated carbocycles. The van der Waals surface area contributed by atoms with Gasteiger partial charge in [-0.05, 0) is 43.2 Å². The number of halogens is 1. The van der Waals surface area contributed by atoms with Gasteiger partial charge in [0.05, 0.1) is 0 Å². The van der Waals surface area contributed by atoms with Crippen LogP contribution in [-0.2, 0) is 11.2 Å². The number of ether oxygens (including phenoxy) is 2. The molecule has 0 fully saturated rings. The lowest BCUT2D eigenvalue weighted by Crippen LogP contribution is -2.37. The zero-order valence-corrected chi connectivity index (χ0v) is 14.0. The Labute approximate surface area is 147 Å². The van der Waals surface area contributed by atoms with Crippen molar-refractivity contribution in [3.05, 3.63) is 59.9 Å². The van der Waals surface area contributed by atoms with Gasteiger partial charge in [0, 0.05) is 12.6 Å². The molecule has 1 amide bonds. The highest BCUT2D eigenvalue weighted by molar-refractivity contribution is 5.80. The fraction of sp³-hybridized carbons (Fsp3) is 0.250. The third-order valence-electron chi connectivity index (χ3n) is 3.44. The van der Waals surface area contributed by atoms with Crippen LogP contribution in [0.2, 0.25) is 0 Å². The maximum Gasteiger partial charge on any atom is 0.260 e. The summed E-state index contributed by atoms with van der Waals surface area (Å²) in [6.45, 7) is 2.33. The molecule has 0 heterocycles. The highest BCUT2D eigenvalue weighted by Gasteiger charge is 2.14. The number of nitrogens with one attached hydrogen (secondary N) is 1. The van der Waals surface area contributed by atoms with Crippen molar-refractivity contribution in [2.75, 3.05) is 13.2 Å². The molecule has 0 aliphatic carbocycles. The minimum absolute atomic E-state index is 0.235. The summed E-state index contributed by atoms with van der Waals surface area (Å²) in [5.74, 6) is 2.79. The fourth-order valence-electron chi connectivity index (χ4n) is 2.15. The summed E-state index contributed by atoms with van der Waals surface area (Å²) in [4.78, 5) is 12.0. The van der Waals surface area contributed by atoms with Crippen LogP contribution in [-0.4, -0.2) is 25.2 Å². The average Bonchev–Trinajstić information content (AvgIpc) is 2.61. The van der Waals surface area contributed by atoms with Crippen LogP contribution < -0.4 is 14.8 Å². The van der Waals surface area contributed by atoms with Gasteiger partial charge in [0.15, 0.2) is 6.10 Å². The van der Waals surface area contributed by atoms with Crippen molar-refractivity contribution in [3.8, 4) is 23.8 Å². The van der Waals surface area contributed by atoms with E-state index in [1.165, 1.54) is 18.2 Å². The van der Waals surface area contributed by atoms with Crippen molar-refractivity contribution >= 4 is 5.91 Å². The van der Waals surface area contributed by atoms with Crippen molar-refractivity contribution in [1.29, 1.82) is 0 Å². The second kappa shape index (κ2) is 9.33. The summed E-state index contributed by atoms with van der Waals surface area (Å²) in [5, 5.41) is 2.80. The predicted molar refractivity (Wildman–Crippen MR) is 94.0 cm³/mol. The molecule has 0 bridgehead atoms. The van der Waals surface area contributed by atoms with Gasteiger partial charge in [-0.3, -0.25) is 4.79 Å². The number of terminal acetylenes is 1. The van der Waals surface area contributed by atoms with Crippen molar-refractivity contribution in [3.63, 3.8) is 0 Å². The number of carbonyl (C=O) groups is 1. The molecule has 25 heavy (non-hydrogen) atoms. The largest absolute Gasteiger partial charge is 0.481 e. The molecular weight excluding hydrogens is 321 g/mol. The van der Waals surface area contributed by atoms with Crippen LogP contribution in [0.3, 0.4) is 0 Å². The van der Waals surface area contributed by atoms with Gasteiger partial charge in [0.2, 0.25) is 0 Å². The molecule has 0 radical (unpaired) electrons. The Bertz CT molecular complexity index is 737. The van der Waals surface area contributed by atoms with E-state index in [1.807, 2.05) is 24.3 Å². The highest BCUT2D eigenvalue weighted by atomic mass is 19.1. The van der Waals surface area contributed by atoms with Gasteiger partial charge in [-0.1, -0.05) is 24.1 Å². The van der Waals surface area contributed by atoms with Crippen molar-refractivity contribution in [1.82, 2.24) is 5.32 Å². The van der Waals surface area contributed by atoms with Crippen molar-refractivity contribution < 1.29 is 18.7 Å². The normalized spacial score (nSPS) is 11.2. The molecule has 130 valence electrons. The zero-order valence-electron chi connectivity index (χ0n) is 14.0. The average molecular weight is 341 g/mol. The summed E-state index contributed by atoms with van der Waals surface area (Å²) in [6, 6.07) is 13.2. The first-order chi connectivity index (χ1) is 12.1. The first-order valence-corrected chi connectivity index (χ1v) is 7.93. The first kappa shape index (κ1) is 18.3. The summed E-state index contributed by atoms with van der Waals surface area (Å²) in [5.41, 5.74) is 1.06. The lowest BCUT2D eigenvalue weighted by Gasteiger charge is -2.14. The zero-order chi connectivity index (χ0) is 18.1. The number of benzene rings is 2. The fourth-order valence-corrected chi connectivity index (χ4v) is 2.15. The van der Waals surface area contributed by atoms with Gasteiger partial charge in [-0.25, -0.2) is 4.39 Å². The van der Waals surface area contributed by atoms with Crippen LogP contribution in [0.15, 0.2) is 48.5 Å². The summed E-state index contributed by atoms with van der Waals surface area (Å²) >= 11 is 0. The van der Waals surface area contributed by atoms with E-state index < -0.39 is 11.9 Å². The first-order valence-electron chi connectivity index (χ1n) is 7.93. The number of hydrogen-bond acceptors (Lipinski definition) is 3. The Morgan fingerprint density at radius 3 is 2.68 bits per heavy atom. The van der Waals surface area contributed by atoms with Crippen LogP contribution in [0.1, 0.15) is 12.5 Å². The van der Waals surface area contributed by atoms with Crippen molar-refractivity contribution in [2.24, 2.45) is 0 Å². The smallest absolute Gasteiger partial charge is 0.260 e. The van der Waals surface area contributed by atoms with Gasteiger partial charge in [0.1, 0.15) is 23.9 Å². The summed E-state index contributed by atoms with van der Waals surface area (Å²) in [6.07, 6.45) is 5.10. The third-order valence-corrected chi connectivity index (χ3v) is 3.44. The Kier molecular flexibility index (Phi) is 6.85. The van der Waals surface area contributed by atoms with Crippen molar-refractivity contribution in [2.45, 2.75) is 19.4 Å². The molecule has 0 aromatic heterocycles. The van der Waals surface area contributed by atoms with E-state index in [1.54, 1.807) is 13.0 Å². The second-order valence-electron chi connectivity index (χ2n) is 5.40. The molecule has 1 N–H and O–H groups in total. The topological polar surface area (TPSA) is 47.6 Å². The summed E-state index contributed by atoms with van der Waals surface area (Å²) in [7, 11) is 0. The molecule has 0 spiro atoms. The minimum atomic E-state index is -0.707. The minimum Gasteiger partial charge on any atom is -0.481 e. The summed E-state index contributed by atoms with van der Waals surface area (Å²) < 4.78 is 23.8. The lowest BCUT2D eigenvalue weighted by atomic mass is 10.1. The molecule has 2 aromatic rings. The molecule has 0 aliphatic rings. The van der Waals surface area contributed by atoms with E-state index in [0.717, 1.165) is 5.56 Å². The number of hydrogen-bond donors (Lipinski definition) is 1. The van der Waals surface area contributed by atoms with Crippen LogP contribution >= 0.6 is 0 Å². The standard InChI is InChI=1S/C20H20FNO3/c1-3-13-24-18-9-7-16(8-10-18)11-12-22-20(23)15(2)25-19-6-4-5-17(21)14-19/h1,4-10,14-15H,11-13H2,2H3,(H,22,23). The van der Waals surface area contributed by atoms with E-state index in [0.29, 0.717) is 24.5 Å². The SMILES string of the molecule is C#CCOc1ccc(CCNC(=O)C(C)Oc2cccc(F)c2)cc1. The molecule has 0 saturated heterocycles. The lowest BCUT2D eigenvalue weighted by molar-refractivity contribution is -0.127. The van der Waals surface area contributed by atoms with Gasteiger partial charge < -0.3 is 14.8 Å². The van der Waals surface area contributed by atoms with Gasteiger partial charge in [0.25, 0.3) is 5.91 Å². The quantitative estimate of drug-likeness (QED) is 0.751. The van der Waals surface area contributed by atoms with Crippen LogP contribution in [0.5, 0.6) is 11.5 Å². The van der Waals surface area contributed by atoms with Gasteiger partial charge in [-0.15, -0.1) is 6.42 Å². The molecular formula is C20H20FNO3. The third kappa shape index (κ3) is 6.19. The number of carbonyl (C=O) groups excluding carboxylic acids is 1. The molecule has 2 aromatic carbocycles.